The Hall–Kier alpha value is -3.17. The van der Waals surface area contributed by atoms with Crippen molar-refractivity contribution in [2.24, 2.45) is 0 Å². The molecule has 1 aliphatic rings. The van der Waals surface area contributed by atoms with Gasteiger partial charge in [0.15, 0.2) is 16.0 Å². The Bertz CT molecular complexity index is 1560. The van der Waals surface area contributed by atoms with E-state index in [1.165, 1.54) is 46.7 Å². The lowest BCUT2D eigenvalue weighted by Gasteiger charge is -2.15. The summed E-state index contributed by atoms with van der Waals surface area (Å²) in [4.78, 5) is 24.9. The summed E-state index contributed by atoms with van der Waals surface area (Å²) < 4.78 is 54.1. The molecule has 0 spiro atoms. The fourth-order valence-electron chi connectivity index (χ4n) is 3.51. The number of carboxylic acid groups (broad SMARTS) is 1. The van der Waals surface area contributed by atoms with E-state index in [1.54, 1.807) is 17.5 Å². The maximum absolute atomic E-state index is 13.6. The average molecular weight is 610 g/mol. The highest BCUT2D eigenvalue weighted by Crippen LogP contribution is 2.34. The highest BCUT2D eigenvalue weighted by molar-refractivity contribution is 8.26. The summed E-state index contributed by atoms with van der Waals surface area (Å²) in [7, 11) is -3.64. The number of hydrazine groups is 1. The predicted octanol–water partition coefficient (Wildman–Crippen LogP) is 5.32. The highest BCUT2D eigenvalue weighted by Gasteiger charge is 2.32. The highest BCUT2D eigenvalue weighted by atomic mass is 32.2. The van der Waals surface area contributed by atoms with Crippen molar-refractivity contribution in [2.75, 3.05) is 17.0 Å². The van der Waals surface area contributed by atoms with Crippen LogP contribution in [0.3, 0.4) is 0 Å². The third-order valence-electron chi connectivity index (χ3n) is 5.45. The lowest BCUT2D eigenvalue weighted by molar-refractivity contribution is -0.124. The van der Waals surface area contributed by atoms with Crippen molar-refractivity contribution in [3.8, 4) is 11.1 Å². The van der Waals surface area contributed by atoms with Gasteiger partial charge in [-0.15, -0.1) is 11.3 Å². The number of thioether (sulfide) groups is 1. The molecule has 1 fully saturated rings. The Labute approximate surface area is 236 Å². The molecule has 14 heteroatoms. The topological polar surface area (TPSA) is 116 Å². The molecule has 2 heterocycles. The number of aromatic carboxylic acids is 1. The lowest BCUT2D eigenvalue weighted by Crippen LogP contribution is -2.41. The van der Waals surface area contributed by atoms with Crippen LogP contribution in [0.15, 0.2) is 58.8 Å². The number of benzene rings is 2. The van der Waals surface area contributed by atoms with E-state index in [1.807, 2.05) is 0 Å². The second-order valence-electron chi connectivity index (χ2n) is 8.30. The summed E-state index contributed by atoms with van der Waals surface area (Å²) in [5, 5.41) is 11.9. The molecule has 8 nitrogen and oxygen atoms in total. The van der Waals surface area contributed by atoms with Crippen LogP contribution >= 0.6 is 35.3 Å². The first-order valence-corrected chi connectivity index (χ1v) is 15.2. The number of amides is 1. The van der Waals surface area contributed by atoms with E-state index < -0.39 is 27.6 Å². The Kier molecular flexibility index (Phi) is 9.12. The van der Waals surface area contributed by atoms with E-state index in [4.69, 9.17) is 17.3 Å². The molecule has 0 saturated carbocycles. The van der Waals surface area contributed by atoms with E-state index >= 15 is 0 Å². The van der Waals surface area contributed by atoms with Crippen LogP contribution in [0, 0.1) is 11.6 Å². The van der Waals surface area contributed by atoms with Gasteiger partial charge in [0.05, 0.1) is 16.2 Å². The average Bonchev–Trinajstić information content (AvgIpc) is 3.45. The molecule has 1 aliphatic heterocycles. The largest absolute Gasteiger partial charge is 0.478 e. The number of sulfonamides is 1. The Morgan fingerprint density at radius 3 is 2.49 bits per heavy atom. The van der Waals surface area contributed by atoms with E-state index in [0.29, 0.717) is 39.7 Å². The summed E-state index contributed by atoms with van der Waals surface area (Å²) in [6.07, 6.45) is 2.43. The molecule has 0 unspecified atom stereocenters. The third kappa shape index (κ3) is 7.48. The lowest BCUT2D eigenvalue weighted by atomic mass is 10.1. The van der Waals surface area contributed by atoms with E-state index in [9.17, 15) is 26.8 Å². The van der Waals surface area contributed by atoms with Crippen molar-refractivity contribution < 1.29 is 31.9 Å². The van der Waals surface area contributed by atoms with Crippen LogP contribution in [-0.4, -0.2) is 47.0 Å². The monoisotopic (exact) mass is 609 g/mol. The van der Waals surface area contributed by atoms with E-state index in [-0.39, 0.29) is 22.9 Å². The van der Waals surface area contributed by atoms with Gasteiger partial charge in [-0.2, -0.15) is 0 Å². The van der Waals surface area contributed by atoms with Gasteiger partial charge in [-0.05, 0) is 77.9 Å². The summed E-state index contributed by atoms with van der Waals surface area (Å²) in [6.45, 7) is 0.307. The van der Waals surface area contributed by atoms with Gasteiger partial charge < -0.3 is 5.11 Å². The molecular formula is C25H21F2N3O5S4. The van der Waals surface area contributed by atoms with Crippen LogP contribution in [0.25, 0.3) is 17.2 Å². The number of carbonyl (C=O) groups is 2. The zero-order valence-corrected chi connectivity index (χ0v) is 23.3. The van der Waals surface area contributed by atoms with Crippen molar-refractivity contribution >= 4 is 73.3 Å². The standard InChI is InChI=1S/C25H21F2N3O5S4/c26-20-8-5-16(12-21(20)27)17-11-19(37-14-17)13-22-23(31)30(25(36)38-22)28-9-1-2-10-39(34,35)29-18-6-3-15(4-7-18)24(32)33/h3-8,11-14,28-29H,1-2,9-10H2,(H,32,33)/b22-13-. The molecule has 0 aliphatic carbocycles. The molecule has 1 amide bonds. The molecule has 0 bridgehead atoms. The molecule has 3 N–H and O–H groups in total. The zero-order chi connectivity index (χ0) is 28.2. The Morgan fingerprint density at radius 1 is 1.05 bits per heavy atom. The normalized spacial score (nSPS) is 14.8. The predicted molar refractivity (Wildman–Crippen MR) is 153 cm³/mol. The molecule has 3 aromatic rings. The zero-order valence-electron chi connectivity index (χ0n) is 20.0. The number of hydrogen-bond acceptors (Lipinski definition) is 8. The smallest absolute Gasteiger partial charge is 0.335 e. The minimum absolute atomic E-state index is 0.0522. The quantitative estimate of drug-likeness (QED) is 0.152. The van der Waals surface area contributed by atoms with Gasteiger partial charge in [0, 0.05) is 17.1 Å². The van der Waals surface area contributed by atoms with Crippen molar-refractivity contribution in [3.63, 3.8) is 0 Å². The first-order valence-electron chi connectivity index (χ1n) is 11.4. The summed E-state index contributed by atoms with van der Waals surface area (Å²) in [5.74, 6) is -3.46. The number of halogens is 2. The molecule has 2 aromatic carbocycles. The maximum atomic E-state index is 13.6. The number of nitrogens with one attached hydrogen (secondary N) is 2. The van der Waals surface area contributed by atoms with Crippen molar-refractivity contribution in [3.05, 3.63) is 80.9 Å². The van der Waals surface area contributed by atoms with Gasteiger partial charge in [-0.3, -0.25) is 9.52 Å². The number of carbonyl (C=O) groups excluding carboxylic acids is 1. The van der Waals surface area contributed by atoms with Crippen LogP contribution in [0.1, 0.15) is 28.1 Å². The molecule has 204 valence electrons. The summed E-state index contributed by atoms with van der Waals surface area (Å²) in [5.41, 5.74) is 4.46. The number of rotatable bonds is 11. The van der Waals surface area contributed by atoms with Crippen LogP contribution in [0.5, 0.6) is 0 Å². The van der Waals surface area contributed by atoms with Gasteiger partial charge >= 0.3 is 5.97 Å². The van der Waals surface area contributed by atoms with Crippen LogP contribution in [-0.2, 0) is 14.8 Å². The van der Waals surface area contributed by atoms with E-state index in [2.05, 4.69) is 10.1 Å². The van der Waals surface area contributed by atoms with Crippen LogP contribution in [0.2, 0.25) is 0 Å². The Balaban J connectivity index is 1.26. The second-order valence-corrected chi connectivity index (χ2v) is 12.8. The number of thiocarbonyl (C=S) groups is 1. The molecule has 1 saturated heterocycles. The molecule has 0 atom stereocenters. The fourth-order valence-corrected chi connectivity index (χ4v) is 6.82. The fraction of sp³-hybridized carbons (Fsp3) is 0.160. The molecular weight excluding hydrogens is 589 g/mol. The van der Waals surface area contributed by atoms with Gasteiger partial charge in [-0.1, -0.05) is 30.0 Å². The van der Waals surface area contributed by atoms with Crippen LogP contribution < -0.4 is 10.1 Å². The van der Waals surface area contributed by atoms with E-state index in [0.717, 1.165) is 28.8 Å². The summed E-state index contributed by atoms with van der Waals surface area (Å²) >= 11 is 7.77. The van der Waals surface area contributed by atoms with Gasteiger partial charge in [0.1, 0.15) is 0 Å². The number of unbranched alkanes of at least 4 members (excludes halogenated alkanes) is 1. The van der Waals surface area contributed by atoms with Gasteiger partial charge in [0.25, 0.3) is 5.91 Å². The SMILES string of the molecule is O=C(O)c1ccc(NS(=O)(=O)CCCCNN2C(=O)/C(=C/c3cc(-c4ccc(F)c(F)c4)cs3)SC2=S)cc1. The van der Waals surface area contributed by atoms with Crippen LogP contribution in [0.4, 0.5) is 14.5 Å². The van der Waals surface area contributed by atoms with Gasteiger partial charge in [-0.25, -0.2) is 32.4 Å². The molecule has 0 radical (unpaired) electrons. The summed E-state index contributed by atoms with van der Waals surface area (Å²) in [6, 6.07) is 10.8. The molecule has 39 heavy (non-hydrogen) atoms. The molecule has 4 rings (SSSR count). The first kappa shape index (κ1) is 28.8. The molecule has 1 aromatic heterocycles. The first-order chi connectivity index (χ1) is 18.5. The minimum Gasteiger partial charge on any atom is -0.478 e. The number of anilines is 1. The van der Waals surface area contributed by atoms with Crippen molar-refractivity contribution in [1.82, 2.24) is 10.4 Å². The maximum Gasteiger partial charge on any atom is 0.335 e. The third-order valence-corrected chi connectivity index (χ3v) is 9.01. The second kappa shape index (κ2) is 12.3. The minimum atomic E-state index is -3.64. The number of hydrogen-bond donors (Lipinski definition) is 3. The number of nitrogens with zero attached hydrogens (tertiary/aromatic N) is 1. The Morgan fingerprint density at radius 2 is 1.79 bits per heavy atom. The van der Waals surface area contributed by atoms with Crippen molar-refractivity contribution in [1.29, 1.82) is 0 Å². The number of thiophene rings is 1. The van der Waals surface area contributed by atoms with Gasteiger partial charge in [0.2, 0.25) is 10.0 Å². The number of carboxylic acids is 1. The van der Waals surface area contributed by atoms with Crippen molar-refractivity contribution in [2.45, 2.75) is 12.8 Å².